The first-order chi connectivity index (χ1) is 10.6. The Bertz CT molecular complexity index is 390. The maximum Gasteiger partial charge on any atom is 0.303 e. The number of nitrogens with one attached hydrogen (secondary N) is 1. The van der Waals surface area contributed by atoms with Gasteiger partial charge in [0.1, 0.15) is 6.04 Å². The summed E-state index contributed by atoms with van der Waals surface area (Å²) in [6.45, 7) is 3.31. The molecule has 0 aromatic carbocycles. The molecule has 126 valence electrons. The molecule has 1 aliphatic heterocycles. The molecular formula is C15H26N2O4S. The maximum atomic E-state index is 12.2. The Kier molecular flexibility index (Phi) is 8.96. The summed E-state index contributed by atoms with van der Waals surface area (Å²) in [7, 11) is 0. The van der Waals surface area contributed by atoms with Gasteiger partial charge in [-0.15, -0.1) is 0 Å². The Morgan fingerprint density at radius 2 is 2.05 bits per heavy atom. The van der Waals surface area contributed by atoms with Gasteiger partial charge in [-0.25, -0.2) is 0 Å². The van der Waals surface area contributed by atoms with Crippen LogP contribution in [0.2, 0.25) is 0 Å². The fourth-order valence-electron chi connectivity index (χ4n) is 2.43. The summed E-state index contributed by atoms with van der Waals surface area (Å²) in [6.07, 6.45) is 3.72. The highest BCUT2D eigenvalue weighted by Gasteiger charge is 2.33. The van der Waals surface area contributed by atoms with Crippen molar-refractivity contribution < 1.29 is 19.5 Å². The number of carboxylic acid groups (broad SMARTS) is 1. The zero-order chi connectivity index (χ0) is 16.4. The minimum absolute atomic E-state index is 0.0277. The Balaban J connectivity index is 2.25. The van der Waals surface area contributed by atoms with Crippen LogP contribution in [0.1, 0.15) is 45.4 Å². The average Bonchev–Trinajstić information content (AvgIpc) is 2.97. The molecule has 1 unspecified atom stereocenters. The SMILES string of the molecule is CCCNC(=O)C1CCCN1C(=O)CCSCCCC(=O)O. The molecule has 1 saturated heterocycles. The lowest BCUT2D eigenvalue weighted by Gasteiger charge is -2.24. The lowest BCUT2D eigenvalue weighted by molar-refractivity contribution is -0.138. The number of hydrogen-bond acceptors (Lipinski definition) is 4. The lowest BCUT2D eigenvalue weighted by atomic mass is 10.2. The van der Waals surface area contributed by atoms with Crippen LogP contribution in [0.4, 0.5) is 0 Å². The van der Waals surface area contributed by atoms with Gasteiger partial charge in [0.05, 0.1) is 0 Å². The predicted octanol–water partition coefficient (Wildman–Crippen LogP) is 1.49. The molecule has 1 rings (SSSR count). The monoisotopic (exact) mass is 330 g/mol. The van der Waals surface area contributed by atoms with E-state index in [4.69, 9.17) is 5.11 Å². The van der Waals surface area contributed by atoms with E-state index in [2.05, 4.69) is 5.32 Å². The zero-order valence-corrected chi connectivity index (χ0v) is 14.0. The molecule has 0 aromatic rings. The Labute approximate surface area is 136 Å². The molecule has 6 nitrogen and oxygen atoms in total. The Morgan fingerprint density at radius 1 is 1.27 bits per heavy atom. The molecule has 1 heterocycles. The third kappa shape index (κ3) is 6.68. The van der Waals surface area contributed by atoms with E-state index in [9.17, 15) is 14.4 Å². The fourth-order valence-corrected chi connectivity index (χ4v) is 3.31. The molecule has 1 aliphatic rings. The molecule has 0 bridgehead atoms. The van der Waals surface area contributed by atoms with Crippen LogP contribution in [-0.2, 0) is 14.4 Å². The first-order valence-corrected chi connectivity index (χ1v) is 9.08. The Morgan fingerprint density at radius 3 is 2.73 bits per heavy atom. The summed E-state index contributed by atoms with van der Waals surface area (Å²) in [4.78, 5) is 36.3. The van der Waals surface area contributed by atoms with E-state index in [-0.39, 0.29) is 24.3 Å². The summed E-state index contributed by atoms with van der Waals surface area (Å²) >= 11 is 1.59. The van der Waals surface area contributed by atoms with Crippen molar-refractivity contribution in [2.24, 2.45) is 0 Å². The second-order valence-corrected chi connectivity index (χ2v) is 6.62. The topological polar surface area (TPSA) is 86.7 Å². The van der Waals surface area contributed by atoms with Crippen LogP contribution in [-0.4, -0.2) is 58.4 Å². The highest BCUT2D eigenvalue weighted by atomic mass is 32.2. The molecule has 1 atom stereocenters. The van der Waals surface area contributed by atoms with Gasteiger partial charge in [0.2, 0.25) is 11.8 Å². The quantitative estimate of drug-likeness (QED) is 0.593. The van der Waals surface area contributed by atoms with Crippen LogP contribution in [0.3, 0.4) is 0 Å². The number of amides is 2. The number of rotatable bonds is 10. The summed E-state index contributed by atoms with van der Waals surface area (Å²) < 4.78 is 0. The molecule has 1 fully saturated rings. The van der Waals surface area contributed by atoms with Crippen molar-refractivity contribution in [3.05, 3.63) is 0 Å². The van der Waals surface area contributed by atoms with Crippen LogP contribution in [0.5, 0.6) is 0 Å². The Hall–Kier alpha value is -1.24. The van der Waals surface area contributed by atoms with Crippen molar-refractivity contribution >= 4 is 29.5 Å². The standard InChI is InChI=1S/C15H26N2O4S/c1-2-8-16-15(21)12-5-3-9-17(12)13(18)7-11-22-10-4-6-14(19)20/h12H,2-11H2,1H3,(H,16,21)(H,19,20). The minimum Gasteiger partial charge on any atom is -0.481 e. The van der Waals surface area contributed by atoms with E-state index in [1.54, 1.807) is 16.7 Å². The van der Waals surface area contributed by atoms with Crippen LogP contribution in [0.15, 0.2) is 0 Å². The van der Waals surface area contributed by atoms with Crippen LogP contribution in [0, 0.1) is 0 Å². The van der Waals surface area contributed by atoms with Gasteiger partial charge in [0, 0.05) is 31.7 Å². The summed E-state index contributed by atoms with van der Waals surface area (Å²) in [5.41, 5.74) is 0. The molecule has 0 radical (unpaired) electrons. The van der Waals surface area contributed by atoms with Gasteiger partial charge in [-0.2, -0.15) is 11.8 Å². The number of carbonyl (C=O) groups excluding carboxylic acids is 2. The van der Waals surface area contributed by atoms with Gasteiger partial charge in [-0.3, -0.25) is 14.4 Å². The number of nitrogens with zero attached hydrogens (tertiary/aromatic N) is 1. The van der Waals surface area contributed by atoms with Gasteiger partial charge in [0.25, 0.3) is 0 Å². The third-order valence-corrected chi connectivity index (χ3v) is 4.63. The number of likely N-dealkylation sites (tertiary alicyclic amines) is 1. The smallest absolute Gasteiger partial charge is 0.303 e. The molecule has 0 aliphatic carbocycles. The largest absolute Gasteiger partial charge is 0.481 e. The number of carbonyl (C=O) groups is 3. The highest BCUT2D eigenvalue weighted by Crippen LogP contribution is 2.19. The number of hydrogen-bond donors (Lipinski definition) is 2. The molecule has 0 saturated carbocycles. The van der Waals surface area contributed by atoms with E-state index in [0.717, 1.165) is 25.0 Å². The first-order valence-electron chi connectivity index (χ1n) is 7.93. The highest BCUT2D eigenvalue weighted by molar-refractivity contribution is 7.99. The van der Waals surface area contributed by atoms with Crippen molar-refractivity contribution in [1.82, 2.24) is 10.2 Å². The van der Waals surface area contributed by atoms with Gasteiger partial charge >= 0.3 is 5.97 Å². The van der Waals surface area contributed by atoms with E-state index >= 15 is 0 Å². The maximum absolute atomic E-state index is 12.2. The normalized spacial score (nSPS) is 17.5. The van der Waals surface area contributed by atoms with Crippen molar-refractivity contribution in [3.63, 3.8) is 0 Å². The van der Waals surface area contributed by atoms with E-state index in [1.165, 1.54) is 0 Å². The van der Waals surface area contributed by atoms with Crippen LogP contribution < -0.4 is 5.32 Å². The van der Waals surface area contributed by atoms with Crippen molar-refractivity contribution in [3.8, 4) is 0 Å². The third-order valence-electron chi connectivity index (χ3n) is 3.56. The van der Waals surface area contributed by atoms with Gasteiger partial charge in [-0.05, 0) is 31.4 Å². The van der Waals surface area contributed by atoms with Crippen LogP contribution in [0.25, 0.3) is 0 Å². The second-order valence-electron chi connectivity index (χ2n) is 5.40. The van der Waals surface area contributed by atoms with E-state index in [0.29, 0.717) is 31.7 Å². The lowest BCUT2D eigenvalue weighted by Crippen LogP contribution is -2.46. The first kappa shape index (κ1) is 18.8. The molecule has 0 aromatic heterocycles. The molecule has 0 spiro atoms. The summed E-state index contributed by atoms with van der Waals surface area (Å²) in [6, 6.07) is -0.309. The summed E-state index contributed by atoms with van der Waals surface area (Å²) in [5.74, 6) is 0.634. The van der Waals surface area contributed by atoms with Crippen molar-refractivity contribution in [1.29, 1.82) is 0 Å². The van der Waals surface area contributed by atoms with Crippen LogP contribution >= 0.6 is 11.8 Å². The fraction of sp³-hybridized carbons (Fsp3) is 0.800. The van der Waals surface area contributed by atoms with Crippen molar-refractivity contribution in [2.75, 3.05) is 24.6 Å². The summed E-state index contributed by atoms with van der Waals surface area (Å²) in [5, 5.41) is 11.4. The zero-order valence-electron chi connectivity index (χ0n) is 13.2. The van der Waals surface area contributed by atoms with Gasteiger partial charge in [0.15, 0.2) is 0 Å². The molecular weight excluding hydrogens is 304 g/mol. The van der Waals surface area contributed by atoms with E-state index in [1.807, 2.05) is 6.92 Å². The van der Waals surface area contributed by atoms with Crippen molar-refractivity contribution in [2.45, 2.75) is 51.5 Å². The molecule has 2 amide bonds. The number of carboxylic acids is 1. The number of thioether (sulfide) groups is 1. The molecule has 2 N–H and O–H groups in total. The van der Waals surface area contributed by atoms with E-state index < -0.39 is 5.97 Å². The second kappa shape index (κ2) is 10.5. The van der Waals surface area contributed by atoms with Gasteiger partial charge < -0.3 is 15.3 Å². The molecule has 7 heteroatoms. The number of aliphatic carboxylic acids is 1. The minimum atomic E-state index is -0.783. The average molecular weight is 330 g/mol. The van der Waals surface area contributed by atoms with Gasteiger partial charge in [-0.1, -0.05) is 6.92 Å². The predicted molar refractivity (Wildman–Crippen MR) is 86.8 cm³/mol. The molecule has 22 heavy (non-hydrogen) atoms.